The van der Waals surface area contributed by atoms with Gasteiger partial charge >= 0.3 is 13.8 Å². The lowest BCUT2D eigenvalue weighted by atomic mass is 10.0. The van der Waals surface area contributed by atoms with Crippen LogP contribution in [0.2, 0.25) is 0 Å². The first kappa shape index (κ1) is 47.8. The second-order valence-electron chi connectivity index (χ2n) is 14.7. The zero-order chi connectivity index (χ0) is 36.3. The average molecular weight is 717 g/mol. The Labute approximate surface area is 303 Å². The van der Waals surface area contributed by atoms with Crippen LogP contribution >= 0.6 is 7.82 Å². The maximum atomic E-state index is 12.4. The predicted molar refractivity (Wildman–Crippen MR) is 206 cm³/mol. The van der Waals surface area contributed by atoms with Gasteiger partial charge in [0.1, 0.15) is 19.8 Å². The van der Waals surface area contributed by atoms with E-state index in [1.54, 1.807) is 6.26 Å². The number of phosphoric ester groups is 1. The monoisotopic (exact) mass is 717 g/mol. The molecular formula is C40H79NO7P+. The Morgan fingerprint density at radius 3 is 1.63 bits per heavy atom. The molecule has 0 heterocycles. The standard InChI is InChI=1S/C40H78NO7P/c1-6-8-10-12-14-16-18-19-20-21-22-24-26-28-30-32-35-45-39(38-48-49(43,44)47-36-34-41(3,4)5)37-46-40(42)33-31-29-27-25-23-17-15-13-11-9-7-2/h13,15,32,35,39H,6-12,14,16-31,33-34,36-38H2,1-5H3/p+1/b15-13-,35-32-. The van der Waals surface area contributed by atoms with Crippen molar-refractivity contribution in [2.75, 3.05) is 47.5 Å². The highest BCUT2D eigenvalue weighted by Gasteiger charge is 2.25. The molecule has 0 aromatic rings. The lowest BCUT2D eigenvalue weighted by Crippen LogP contribution is -2.37. The molecule has 9 heteroatoms. The summed E-state index contributed by atoms with van der Waals surface area (Å²) >= 11 is 0. The van der Waals surface area contributed by atoms with E-state index >= 15 is 0 Å². The Hall–Kier alpha value is -1.18. The van der Waals surface area contributed by atoms with Crippen molar-refractivity contribution in [3.05, 3.63) is 24.5 Å². The minimum absolute atomic E-state index is 0.0503. The van der Waals surface area contributed by atoms with Crippen molar-refractivity contribution < 1.29 is 37.3 Å². The van der Waals surface area contributed by atoms with Crippen LogP contribution < -0.4 is 0 Å². The maximum absolute atomic E-state index is 12.4. The SMILES string of the molecule is CCCC/C=C\CCCCCCCC(=O)OCC(COP(=O)(O)OCC[N+](C)(C)C)O/C=C\CCCCCCCCCCCCCCCC. The van der Waals surface area contributed by atoms with Crippen LogP contribution in [-0.2, 0) is 27.9 Å². The van der Waals surface area contributed by atoms with Gasteiger partial charge < -0.3 is 18.9 Å². The molecule has 0 bridgehead atoms. The molecule has 0 fully saturated rings. The van der Waals surface area contributed by atoms with E-state index in [0.29, 0.717) is 17.4 Å². The fraction of sp³-hybridized carbons (Fsp3) is 0.875. The van der Waals surface area contributed by atoms with Gasteiger partial charge in [-0.2, -0.15) is 0 Å². The van der Waals surface area contributed by atoms with Gasteiger partial charge in [0.25, 0.3) is 0 Å². The van der Waals surface area contributed by atoms with Crippen molar-refractivity contribution >= 4 is 13.8 Å². The highest BCUT2D eigenvalue weighted by atomic mass is 31.2. The number of quaternary nitrogens is 1. The first-order chi connectivity index (χ1) is 23.6. The molecule has 0 amide bonds. The molecule has 0 saturated carbocycles. The van der Waals surface area contributed by atoms with Gasteiger partial charge in [-0.15, -0.1) is 0 Å². The molecular weight excluding hydrogens is 637 g/mol. The number of likely N-dealkylation sites (N-methyl/N-ethyl adjacent to an activating group) is 1. The van der Waals surface area contributed by atoms with Gasteiger partial charge in [0.2, 0.25) is 0 Å². The topological polar surface area (TPSA) is 91.3 Å². The number of carbonyl (C=O) groups excluding carboxylic acids is 1. The van der Waals surface area contributed by atoms with Crippen LogP contribution in [0.15, 0.2) is 24.5 Å². The summed E-state index contributed by atoms with van der Waals surface area (Å²) in [5, 5.41) is 0. The quantitative estimate of drug-likeness (QED) is 0.0171. The van der Waals surface area contributed by atoms with Crippen molar-refractivity contribution in [2.24, 2.45) is 0 Å². The van der Waals surface area contributed by atoms with Crippen LogP contribution in [0, 0.1) is 0 Å². The Morgan fingerprint density at radius 1 is 0.633 bits per heavy atom. The van der Waals surface area contributed by atoms with Crippen LogP contribution in [0.1, 0.15) is 174 Å². The van der Waals surface area contributed by atoms with E-state index in [9.17, 15) is 14.3 Å². The third kappa shape index (κ3) is 37.9. The molecule has 0 aromatic carbocycles. The molecule has 0 aromatic heterocycles. The number of nitrogens with zero attached hydrogens (tertiary/aromatic N) is 1. The van der Waals surface area contributed by atoms with Gasteiger partial charge in [0, 0.05) is 6.42 Å². The molecule has 8 nitrogen and oxygen atoms in total. The van der Waals surface area contributed by atoms with E-state index in [-0.39, 0.29) is 25.8 Å². The Bertz CT molecular complexity index is 843. The second-order valence-corrected chi connectivity index (χ2v) is 16.2. The van der Waals surface area contributed by atoms with Crippen LogP contribution in [-0.4, -0.2) is 69.0 Å². The minimum atomic E-state index is -4.26. The summed E-state index contributed by atoms with van der Waals surface area (Å²) in [6.07, 6.45) is 37.4. The summed E-state index contributed by atoms with van der Waals surface area (Å²) in [5.41, 5.74) is 0. The number of hydrogen-bond donors (Lipinski definition) is 1. The minimum Gasteiger partial charge on any atom is -0.492 e. The smallest absolute Gasteiger partial charge is 0.472 e. The molecule has 0 rings (SSSR count). The predicted octanol–water partition coefficient (Wildman–Crippen LogP) is 11.6. The van der Waals surface area contributed by atoms with Crippen LogP contribution in [0.5, 0.6) is 0 Å². The summed E-state index contributed by atoms with van der Waals surface area (Å²) in [4.78, 5) is 22.5. The van der Waals surface area contributed by atoms with E-state index in [1.165, 1.54) is 116 Å². The summed E-state index contributed by atoms with van der Waals surface area (Å²) in [6, 6.07) is 0. The summed E-state index contributed by atoms with van der Waals surface area (Å²) in [7, 11) is 1.67. The van der Waals surface area contributed by atoms with Crippen molar-refractivity contribution in [3.63, 3.8) is 0 Å². The van der Waals surface area contributed by atoms with Crippen LogP contribution in [0.4, 0.5) is 0 Å². The normalized spacial score (nSPS) is 14.1. The average Bonchev–Trinajstić information content (AvgIpc) is 3.05. The number of unbranched alkanes of at least 4 members (excludes halogenated alkanes) is 21. The molecule has 290 valence electrons. The summed E-state index contributed by atoms with van der Waals surface area (Å²) in [5.74, 6) is -0.287. The van der Waals surface area contributed by atoms with Crippen molar-refractivity contribution in [3.8, 4) is 0 Å². The van der Waals surface area contributed by atoms with Gasteiger partial charge in [0.15, 0.2) is 6.10 Å². The molecule has 2 unspecified atom stereocenters. The van der Waals surface area contributed by atoms with Gasteiger partial charge in [-0.1, -0.05) is 142 Å². The molecule has 0 radical (unpaired) electrons. The van der Waals surface area contributed by atoms with Crippen molar-refractivity contribution in [1.29, 1.82) is 0 Å². The van der Waals surface area contributed by atoms with Crippen molar-refractivity contribution in [1.82, 2.24) is 0 Å². The fourth-order valence-corrected chi connectivity index (χ4v) is 6.08. The molecule has 0 aliphatic rings. The molecule has 0 aliphatic carbocycles. The number of phosphoric acid groups is 1. The zero-order valence-corrected chi connectivity index (χ0v) is 33.6. The van der Waals surface area contributed by atoms with E-state index in [0.717, 1.165) is 38.5 Å². The Kier molecular flexibility index (Phi) is 33.1. The molecule has 0 spiro atoms. The summed E-state index contributed by atoms with van der Waals surface area (Å²) < 4.78 is 34.6. The Morgan fingerprint density at radius 2 is 1.10 bits per heavy atom. The van der Waals surface area contributed by atoms with Crippen molar-refractivity contribution in [2.45, 2.75) is 180 Å². The highest BCUT2D eigenvalue weighted by molar-refractivity contribution is 7.47. The van der Waals surface area contributed by atoms with Crippen LogP contribution in [0.3, 0.4) is 0 Å². The number of hydrogen-bond acceptors (Lipinski definition) is 6. The first-order valence-corrected chi connectivity index (χ1v) is 21.6. The lowest BCUT2D eigenvalue weighted by molar-refractivity contribution is -0.870. The third-order valence-electron chi connectivity index (χ3n) is 8.60. The number of carbonyl (C=O) groups is 1. The number of allylic oxidation sites excluding steroid dienone is 3. The van der Waals surface area contributed by atoms with E-state index < -0.39 is 13.9 Å². The zero-order valence-electron chi connectivity index (χ0n) is 32.7. The van der Waals surface area contributed by atoms with Gasteiger partial charge in [-0.05, 0) is 44.6 Å². The number of rotatable bonds is 37. The third-order valence-corrected chi connectivity index (χ3v) is 9.59. The van der Waals surface area contributed by atoms with E-state index in [2.05, 4.69) is 26.0 Å². The van der Waals surface area contributed by atoms with E-state index in [4.69, 9.17) is 18.5 Å². The van der Waals surface area contributed by atoms with Gasteiger partial charge in [0.05, 0.1) is 34.0 Å². The number of ether oxygens (including phenoxy) is 2. The van der Waals surface area contributed by atoms with Gasteiger partial charge in [-0.3, -0.25) is 13.8 Å². The molecule has 49 heavy (non-hydrogen) atoms. The molecule has 1 N–H and O–H groups in total. The van der Waals surface area contributed by atoms with E-state index in [1.807, 2.05) is 27.2 Å². The maximum Gasteiger partial charge on any atom is 0.472 e. The van der Waals surface area contributed by atoms with Gasteiger partial charge in [-0.25, -0.2) is 4.57 Å². The van der Waals surface area contributed by atoms with Crippen LogP contribution in [0.25, 0.3) is 0 Å². The molecule has 0 aliphatic heterocycles. The number of esters is 1. The lowest BCUT2D eigenvalue weighted by Gasteiger charge is -2.24. The molecule has 0 saturated heterocycles. The Balaban J connectivity index is 4.32. The molecule has 2 atom stereocenters. The first-order valence-electron chi connectivity index (χ1n) is 20.1. The summed E-state index contributed by atoms with van der Waals surface area (Å²) in [6.45, 7) is 4.86. The highest BCUT2D eigenvalue weighted by Crippen LogP contribution is 2.43. The largest absolute Gasteiger partial charge is 0.492 e. The fourth-order valence-electron chi connectivity index (χ4n) is 5.34. The second kappa shape index (κ2) is 33.9.